The first kappa shape index (κ1) is 13.6. The van der Waals surface area contributed by atoms with Gasteiger partial charge in [0.15, 0.2) is 0 Å². The Labute approximate surface area is 130 Å². The van der Waals surface area contributed by atoms with Crippen molar-refractivity contribution in [1.82, 2.24) is 20.2 Å². The van der Waals surface area contributed by atoms with Crippen molar-refractivity contribution >= 4 is 11.6 Å². The number of tetrazole rings is 1. The maximum atomic E-state index is 14.2. The zero-order chi connectivity index (χ0) is 15.8. The molecule has 114 valence electrons. The van der Waals surface area contributed by atoms with Gasteiger partial charge in [0.05, 0.1) is 0 Å². The lowest BCUT2D eigenvalue weighted by atomic mass is 10.0. The van der Waals surface area contributed by atoms with E-state index in [1.165, 1.54) is 22.9 Å². The van der Waals surface area contributed by atoms with Crippen LogP contribution in [0.1, 0.15) is 17.2 Å². The van der Waals surface area contributed by atoms with E-state index in [1.54, 1.807) is 30.3 Å². The van der Waals surface area contributed by atoms with Crippen molar-refractivity contribution in [2.45, 2.75) is 6.04 Å². The van der Waals surface area contributed by atoms with Gasteiger partial charge in [-0.05, 0) is 52.4 Å². The van der Waals surface area contributed by atoms with Crippen LogP contribution in [0.25, 0.3) is 5.70 Å². The van der Waals surface area contributed by atoms with Crippen LogP contribution < -0.4 is 5.32 Å². The third-order valence-corrected chi connectivity index (χ3v) is 3.71. The molecule has 0 amide bonds. The number of rotatable bonds is 2. The molecular weight excluding hydrogens is 300 g/mol. The molecular formula is C16H11F2N5. The fraction of sp³-hybridized carbons (Fsp3) is 0.0625. The molecule has 1 aliphatic heterocycles. The van der Waals surface area contributed by atoms with E-state index in [4.69, 9.17) is 0 Å². The summed E-state index contributed by atoms with van der Waals surface area (Å²) in [6, 6.07) is 12.0. The van der Waals surface area contributed by atoms with Crippen molar-refractivity contribution in [2.75, 3.05) is 5.32 Å². The summed E-state index contributed by atoms with van der Waals surface area (Å²) in [6.45, 7) is 0. The maximum Gasteiger partial charge on any atom is 0.248 e. The number of hydrogen-bond acceptors (Lipinski definition) is 4. The van der Waals surface area contributed by atoms with Gasteiger partial charge in [0.1, 0.15) is 17.7 Å². The Morgan fingerprint density at radius 3 is 2.57 bits per heavy atom. The normalized spacial score (nSPS) is 16.4. The van der Waals surface area contributed by atoms with Gasteiger partial charge in [0.25, 0.3) is 0 Å². The van der Waals surface area contributed by atoms with Crippen molar-refractivity contribution in [3.8, 4) is 0 Å². The Hall–Kier alpha value is -3.09. The highest BCUT2D eigenvalue weighted by Gasteiger charge is 2.26. The summed E-state index contributed by atoms with van der Waals surface area (Å²) in [5.74, 6) is -0.253. The Morgan fingerprint density at radius 1 is 1.00 bits per heavy atom. The predicted octanol–water partition coefficient (Wildman–Crippen LogP) is 3.01. The highest BCUT2D eigenvalue weighted by atomic mass is 19.1. The van der Waals surface area contributed by atoms with Crippen molar-refractivity contribution in [1.29, 1.82) is 0 Å². The van der Waals surface area contributed by atoms with E-state index in [1.807, 2.05) is 6.08 Å². The Balaban J connectivity index is 1.83. The first-order chi connectivity index (χ1) is 11.2. The summed E-state index contributed by atoms with van der Waals surface area (Å²) in [7, 11) is 0. The van der Waals surface area contributed by atoms with Gasteiger partial charge in [-0.2, -0.15) is 4.68 Å². The summed E-state index contributed by atoms with van der Waals surface area (Å²) < 4.78 is 28.8. The highest BCUT2D eigenvalue weighted by Crippen LogP contribution is 2.32. The fourth-order valence-corrected chi connectivity index (χ4v) is 2.59. The standard InChI is InChI=1S/C16H11F2N5/c17-11-7-5-10(6-8-11)14-9-15(12-3-1-2-4-13(12)18)23-16(19-14)20-21-22-23/h1-9,15H,(H,19,20,22)/t15-/m0/s1. The molecule has 1 aliphatic rings. The third kappa shape index (κ3) is 2.36. The zero-order valence-corrected chi connectivity index (χ0v) is 11.8. The molecule has 23 heavy (non-hydrogen) atoms. The molecule has 1 N–H and O–H groups in total. The molecule has 1 aromatic heterocycles. The molecule has 0 unspecified atom stereocenters. The van der Waals surface area contributed by atoms with E-state index in [2.05, 4.69) is 20.8 Å². The van der Waals surface area contributed by atoms with E-state index in [-0.39, 0.29) is 11.6 Å². The number of fused-ring (bicyclic) bond motifs is 1. The monoisotopic (exact) mass is 311 g/mol. The lowest BCUT2D eigenvalue weighted by Gasteiger charge is -2.23. The van der Waals surface area contributed by atoms with Gasteiger partial charge < -0.3 is 5.32 Å². The number of aromatic nitrogens is 4. The van der Waals surface area contributed by atoms with Crippen LogP contribution in [0.15, 0.2) is 54.6 Å². The second-order valence-electron chi connectivity index (χ2n) is 5.13. The molecule has 5 nitrogen and oxygen atoms in total. The minimum Gasteiger partial charge on any atom is -0.323 e. The third-order valence-electron chi connectivity index (χ3n) is 3.71. The largest absolute Gasteiger partial charge is 0.323 e. The first-order valence-corrected chi connectivity index (χ1v) is 6.99. The minimum absolute atomic E-state index is 0.319. The number of anilines is 1. The minimum atomic E-state index is -0.484. The molecule has 0 fully saturated rings. The van der Waals surface area contributed by atoms with Crippen LogP contribution >= 0.6 is 0 Å². The molecule has 0 saturated heterocycles. The van der Waals surface area contributed by atoms with Crippen LogP contribution in [0.5, 0.6) is 0 Å². The summed E-state index contributed by atoms with van der Waals surface area (Å²) in [5.41, 5.74) is 1.92. The number of nitrogens with one attached hydrogen (secondary N) is 1. The van der Waals surface area contributed by atoms with Gasteiger partial charge >= 0.3 is 0 Å². The average Bonchev–Trinajstić information content (AvgIpc) is 3.04. The fourth-order valence-electron chi connectivity index (χ4n) is 2.59. The Kier molecular flexibility index (Phi) is 3.11. The molecule has 2 heterocycles. The van der Waals surface area contributed by atoms with E-state index in [0.29, 0.717) is 17.2 Å². The number of halogens is 2. The summed E-state index contributed by atoms with van der Waals surface area (Å²) in [4.78, 5) is 0. The zero-order valence-electron chi connectivity index (χ0n) is 11.8. The molecule has 1 atom stereocenters. The van der Waals surface area contributed by atoms with Crippen LogP contribution in [-0.4, -0.2) is 20.2 Å². The lowest BCUT2D eigenvalue weighted by Crippen LogP contribution is -2.21. The average molecular weight is 311 g/mol. The van der Waals surface area contributed by atoms with Gasteiger partial charge in [-0.25, -0.2) is 8.78 Å². The summed E-state index contributed by atoms with van der Waals surface area (Å²) in [5, 5.41) is 14.5. The molecule has 3 aromatic rings. The smallest absolute Gasteiger partial charge is 0.248 e. The van der Waals surface area contributed by atoms with Gasteiger partial charge in [-0.3, -0.25) is 0 Å². The first-order valence-electron chi connectivity index (χ1n) is 6.99. The van der Waals surface area contributed by atoms with Crippen LogP contribution in [0.2, 0.25) is 0 Å². The van der Waals surface area contributed by atoms with Crippen molar-refractivity contribution in [3.63, 3.8) is 0 Å². The SMILES string of the molecule is Fc1ccc(C2=C[C@@H](c3ccccc3F)n3nnnc3N2)cc1. The number of hydrogen-bond donors (Lipinski definition) is 1. The van der Waals surface area contributed by atoms with Crippen LogP contribution in [0, 0.1) is 11.6 Å². The van der Waals surface area contributed by atoms with E-state index in [9.17, 15) is 8.78 Å². The van der Waals surface area contributed by atoms with Gasteiger partial charge in [0.2, 0.25) is 5.95 Å². The molecule has 2 aromatic carbocycles. The number of allylic oxidation sites excluding steroid dienone is 1. The quantitative estimate of drug-likeness (QED) is 0.790. The molecule has 0 radical (unpaired) electrons. The van der Waals surface area contributed by atoms with E-state index in [0.717, 1.165) is 5.56 Å². The van der Waals surface area contributed by atoms with Crippen LogP contribution in [0.4, 0.5) is 14.7 Å². The molecule has 0 saturated carbocycles. The number of nitrogens with zero attached hydrogens (tertiary/aromatic N) is 4. The molecule has 4 rings (SSSR count). The van der Waals surface area contributed by atoms with E-state index < -0.39 is 6.04 Å². The molecule has 0 bridgehead atoms. The van der Waals surface area contributed by atoms with E-state index >= 15 is 0 Å². The van der Waals surface area contributed by atoms with Gasteiger partial charge in [0, 0.05) is 11.3 Å². The predicted molar refractivity (Wildman–Crippen MR) is 80.4 cm³/mol. The lowest BCUT2D eigenvalue weighted by molar-refractivity contribution is 0.540. The summed E-state index contributed by atoms with van der Waals surface area (Å²) in [6.07, 6.45) is 1.81. The highest BCUT2D eigenvalue weighted by molar-refractivity contribution is 5.76. The van der Waals surface area contributed by atoms with Gasteiger partial charge in [-0.15, -0.1) is 0 Å². The van der Waals surface area contributed by atoms with Crippen LogP contribution in [0.3, 0.4) is 0 Å². The number of benzene rings is 2. The summed E-state index contributed by atoms with van der Waals surface area (Å²) >= 11 is 0. The Morgan fingerprint density at radius 2 is 1.78 bits per heavy atom. The second kappa shape index (κ2) is 5.28. The van der Waals surface area contributed by atoms with Crippen molar-refractivity contribution in [2.24, 2.45) is 0 Å². The second-order valence-corrected chi connectivity index (χ2v) is 5.13. The molecule has 0 spiro atoms. The van der Waals surface area contributed by atoms with Crippen molar-refractivity contribution < 1.29 is 8.78 Å². The molecule has 7 heteroatoms. The maximum absolute atomic E-state index is 14.2. The van der Waals surface area contributed by atoms with Crippen LogP contribution in [-0.2, 0) is 0 Å². The Bertz CT molecular complexity index is 885. The topological polar surface area (TPSA) is 55.6 Å². The van der Waals surface area contributed by atoms with Crippen molar-refractivity contribution in [3.05, 3.63) is 77.4 Å². The molecule has 0 aliphatic carbocycles. The van der Waals surface area contributed by atoms with Gasteiger partial charge in [-0.1, -0.05) is 23.3 Å².